The summed E-state index contributed by atoms with van der Waals surface area (Å²) in [6, 6.07) is 0. The average Bonchev–Trinajstić information content (AvgIpc) is 2.46. The van der Waals surface area contributed by atoms with Crippen molar-refractivity contribution in [3.05, 3.63) is 34.7 Å². The fourth-order valence-corrected chi connectivity index (χ4v) is 3.14. The third-order valence-corrected chi connectivity index (χ3v) is 4.12. The zero-order valence-electron chi connectivity index (χ0n) is 13.8. The Morgan fingerprint density at radius 1 is 1.10 bits per heavy atom. The van der Waals surface area contributed by atoms with E-state index in [1.807, 2.05) is 0 Å². The van der Waals surface area contributed by atoms with Crippen LogP contribution in [0, 0.1) is 12.8 Å². The number of ether oxygens (including phenoxy) is 1. The van der Waals surface area contributed by atoms with E-state index in [4.69, 9.17) is 4.74 Å². The summed E-state index contributed by atoms with van der Waals surface area (Å²) in [7, 11) is 0. The van der Waals surface area contributed by atoms with Crippen molar-refractivity contribution in [1.29, 1.82) is 0 Å². The number of nitrogens with zero attached hydrogens (tertiary/aromatic N) is 1. The van der Waals surface area contributed by atoms with Crippen LogP contribution in [0.25, 0.3) is 5.57 Å². The van der Waals surface area contributed by atoms with Crippen molar-refractivity contribution >= 4 is 5.57 Å². The van der Waals surface area contributed by atoms with Gasteiger partial charge in [0.1, 0.15) is 0 Å². The highest BCUT2D eigenvalue weighted by atomic mass is 16.5. The molecule has 1 aromatic heterocycles. The largest absolute Gasteiger partial charge is 0.367 e. The van der Waals surface area contributed by atoms with Crippen LogP contribution in [0.4, 0.5) is 0 Å². The van der Waals surface area contributed by atoms with E-state index in [0.717, 1.165) is 5.69 Å². The monoisotopic (exact) mass is 273 g/mol. The molecular formula is C18H27NO. The predicted molar refractivity (Wildman–Crippen MR) is 84.8 cm³/mol. The van der Waals surface area contributed by atoms with Gasteiger partial charge in [-0.3, -0.25) is 4.98 Å². The predicted octanol–water partition coefficient (Wildman–Crippen LogP) is 5.03. The second-order valence-electron chi connectivity index (χ2n) is 6.50. The number of hydrogen-bond acceptors (Lipinski definition) is 2. The lowest BCUT2D eigenvalue weighted by Gasteiger charge is -2.23. The SMILES string of the molecule is Cc1ncc(C(C)C)c2c1[C@H](C)O[C@H](C)C=C2C(C)C. The lowest BCUT2D eigenvalue weighted by molar-refractivity contribution is 0.0345. The first kappa shape index (κ1) is 15.2. The first-order chi connectivity index (χ1) is 9.32. The van der Waals surface area contributed by atoms with Crippen LogP contribution in [0.15, 0.2) is 12.3 Å². The second-order valence-corrected chi connectivity index (χ2v) is 6.50. The topological polar surface area (TPSA) is 22.1 Å². The van der Waals surface area contributed by atoms with E-state index in [1.54, 1.807) is 0 Å². The summed E-state index contributed by atoms with van der Waals surface area (Å²) < 4.78 is 6.12. The van der Waals surface area contributed by atoms with Crippen LogP contribution in [0.2, 0.25) is 0 Å². The van der Waals surface area contributed by atoms with E-state index < -0.39 is 0 Å². The zero-order chi connectivity index (χ0) is 15.0. The van der Waals surface area contributed by atoms with Crippen LogP contribution in [0.1, 0.15) is 75.9 Å². The number of allylic oxidation sites excluding steroid dienone is 1. The summed E-state index contributed by atoms with van der Waals surface area (Å²) >= 11 is 0. The Kier molecular flexibility index (Phi) is 4.33. The molecule has 0 bridgehead atoms. The highest BCUT2D eigenvalue weighted by Crippen LogP contribution is 2.40. The maximum absolute atomic E-state index is 6.12. The maximum Gasteiger partial charge on any atom is 0.0828 e. The highest BCUT2D eigenvalue weighted by molar-refractivity contribution is 5.74. The van der Waals surface area contributed by atoms with Crippen LogP contribution >= 0.6 is 0 Å². The Balaban J connectivity index is 2.78. The molecule has 0 aliphatic carbocycles. The van der Waals surface area contributed by atoms with Crippen molar-refractivity contribution in [2.45, 2.75) is 66.6 Å². The third kappa shape index (κ3) is 2.67. The maximum atomic E-state index is 6.12. The number of aromatic nitrogens is 1. The molecule has 0 radical (unpaired) electrons. The van der Waals surface area contributed by atoms with E-state index >= 15 is 0 Å². The van der Waals surface area contributed by atoms with Crippen LogP contribution < -0.4 is 0 Å². The van der Waals surface area contributed by atoms with Gasteiger partial charge in [-0.15, -0.1) is 0 Å². The second kappa shape index (κ2) is 5.69. The molecule has 20 heavy (non-hydrogen) atoms. The normalized spacial score (nSPS) is 22.8. The molecule has 2 rings (SSSR count). The molecule has 0 spiro atoms. The van der Waals surface area contributed by atoms with E-state index in [9.17, 15) is 0 Å². The quantitative estimate of drug-likeness (QED) is 0.753. The molecule has 0 saturated carbocycles. The molecule has 2 heteroatoms. The summed E-state index contributed by atoms with van der Waals surface area (Å²) in [6.07, 6.45) is 4.59. The fraction of sp³-hybridized carbons (Fsp3) is 0.611. The van der Waals surface area contributed by atoms with Crippen molar-refractivity contribution < 1.29 is 4.74 Å². The summed E-state index contributed by atoms with van der Waals surface area (Å²) in [5.74, 6) is 0.962. The summed E-state index contributed by atoms with van der Waals surface area (Å²) in [5.41, 5.74) is 6.51. The van der Waals surface area contributed by atoms with Gasteiger partial charge < -0.3 is 4.74 Å². The highest BCUT2D eigenvalue weighted by Gasteiger charge is 2.27. The summed E-state index contributed by atoms with van der Waals surface area (Å²) in [6.45, 7) is 15.4. The first-order valence-corrected chi connectivity index (χ1v) is 7.69. The molecule has 0 unspecified atom stereocenters. The van der Waals surface area contributed by atoms with Gasteiger partial charge in [-0.05, 0) is 49.3 Å². The molecule has 0 fully saturated rings. The van der Waals surface area contributed by atoms with Crippen LogP contribution in [0.5, 0.6) is 0 Å². The number of hydrogen-bond donors (Lipinski definition) is 0. The van der Waals surface area contributed by atoms with Gasteiger partial charge in [-0.25, -0.2) is 0 Å². The minimum Gasteiger partial charge on any atom is -0.367 e. The van der Waals surface area contributed by atoms with Crippen LogP contribution in [-0.4, -0.2) is 11.1 Å². The smallest absolute Gasteiger partial charge is 0.0828 e. The Morgan fingerprint density at radius 2 is 1.75 bits per heavy atom. The summed E-state index contributed by atoms with van der Waals surface area (Å²) in [5, 5.41) is 0. The number of fused-ring (bicyclic) bond motifs is 1. The molecule has 2 atom stereocenters. The first-order valence-electron chi connectivity index (χ1n) is 7.69. The lowest BCUT2D eigenvalue weighted by atomic mass is 9.83. The molecule has 110 valence electrons. The van der Waals surface area contributed by atoms with Crippen LogP contribution in [0.3, 0.4) is 0 Å². The standard InChI is InChI=1S/C18H27NO/c1-10(2)15-8-12(5)20-14(7)17-13(6)19-9-16(11(3)4)18(15)17/h8-12,14H,1-7H3/t12-,14+/m1/s1. The molecule has 0 saturated heterocycles. The molecule has 1 aliphatic heterocycles. The number of rotatable bonds is 2. The lowest BCUT2D eigenvalue weighted by Crippen LogP contribution is -2.11. The van der Waals surface area contributed by atoms with Gasteiger partial charge in [0, 0.05) is 17.5 Å². The van der Waals surface area contributed by atoms with E-state index in [-0.39, 0.29) is 12.2 Å². The minimum atomic E-state index is 0.0960. The zero-order valence-corrected chi connectivity index (χ0v) is 13.8. The average molecular weight is 273 g/mol. The van der Waals surface area contributed by atoms with Gasteiger partial charge in [0.15, 0.2) is 0 Å². The molecule has 1 aliphatic rings. The Labute approximate surface area is 123 Å². The van der Waals surface area contributed by atoms with Crippen molar-refractivity contribution in [2.75, 3.05) is 0 Å². The molecule has 2 heterocycles. The van der Waals surface area contributed by atoms with Gasteiger partial charge >= 0.3 is 0 Å². The molecule has 0 aromatic carbocycles. The molecular weight excluding hydrogens is 246 g/mol. The van der Waals surface area contributed by atoms with Crippen molar-refractivity contribution in [3.63, 3.8) is 0 Å². The van der Waals surface area contributed by atoms with Crippen molar-refractivity contribution in [1.82, 2.24) is 4.98 Å². The van der Waals surface area contributed by atoms with Crippen molar-refractivity contribution in [2.24, 2.45) is 5.92 Å². The van der Waals surface area contributed by atoms with Gasteiger partial charge in [0.05, 0.1) is 12.2 Å². The Hall–Kier alpha value is -1.15. The van der Waals surface area contributed by atoms with Gasteiger partial charge in [-0.1, -0.05) is 33.8 Å². The molecule has 2 nitrogen and oxygen atoms in total. The molecule has 1 aromatic rings. The fourth-order valence-electron chi connectivity index (χ4n) is 3.14. The van der Waals surface area contributed by atoms with Crippen molar-refractivity contribution in [3.8, 4) is 0 Å². The van der Waals surface area contributed by atoms with Gasteiger partial charge in [0.25, 0.3) is 0 Å². The third-order valence-electron chi connectivity index (χ3n) is 4.12. The van der Waals surface area contributed by atoms with Gasteiger partial charge in [-0.2, -0.15) is 0 Å². The number of pyridine rings is 1. The summed E-state index contributed by atoms with van der Waals surface area (Å²) in [4.78, 5) is 4.62. The van der Waals surface area contributed by atoms with E-state index in [1.165, 1.54) is 22.3 Å². The Bertz CT molecular complexity index is 528. The molecule has 0 N–H and O–H groups in total. The minimum absolute atomic E-state index is 0.0960. The van der Waals surface area contributed by atoms with E-state index in [2.05, 4.69) is 65.7 Å². The van der Waals surface area contributed by atoms with E-state index in [0.29, 0.717) is 11.8 Å². The van der Waals surface area contributed by atoms with Crippen LogP contribution in [-0.2, 0) is 4.74 Å². The molecule has 0 amide bonds. The number of aryl methyl sites for hydroxylation is 1. The van der Waals surface area contributed by atoms with Gasteiger partial charge in [0.2, 0.25) is 0 Å². The Morgan fingerprint density at radius 3 is 2.30 bits per heavy atom.